The summed E-state index contributed by atoms with van der Waals surface area (Å²) in [7, 11) is -10.2. The molecule has 0 amide bonds. The van der Waals surface area contributed by atoms with Crippen LogP contribution in [0.25, 0.3) is 5.65 Å². The van der Waals surface area contributed by atoms with E-state index in [0.29, 0.717) is 5.56 Å². The molecule has 0 radical (unpaired) electrons. The number of halogens is 8. The minimum Gasteiger partial charge on any atom is -0.491 e. The van der Waals surface area contributed by atoms with Crippen molar-refractivity contribution in [2.75, 3.05) is 13.2 Å². The van der Waals surface area contributed by atoms with Crippen molar-refractivity contribution in [3.05, 3.63) is 41.0 Å². The molecule has 3 N–H and O–H groups in total. The number of fused-ring (bicyclic) bond motifs is 1. The number of ketones is 1. The van der Waals surface area contributed by atoms with Crippen molar-refractivity contribution in [3.63, 3.8) is 0 Å². The number of aliphatic hydroxyl groups is 1. The number of hydrogen-bond acceptors (Lipinski definition) is 8. The average Bonchev–Trinajstić information content (AvgIpc) is 3.19. The van der Waals surface area contributed by atoms with E-state index in [1.54, 1.807) is 13.0 Å². The molecule has 11 nitrogen and oxygen atoms in total. The summed E-state index contributed by atoms with van der Waals surface area (Å²) in [5.74, 6) is -4.22. The van der Waals surface area contributed by atoms with Gasteiger partial charge in [0.1, 0.15) is 23.8 Å². The zero-order valence-electron chi connectivity index (χ0n) is 22.7. The Labute approximate surface area is 237 Å². The molecule has 0 spiro atoms. The Balaban J connectivity index is 0.000000821. The van der Waals surface area contributed by atoms with E-state index in [1.165, 1.54) is 0 Å². The van der Waals surface area contributed by atoms with E-state index in [9.17, 15) is 37.4 Å². The third kappa shape index (κ3) is 9.53. The zero-order chi connectivity index (χ0) is 33.0. The molecular weight excluding hydrogens is 626 g/mol. The lowest BCUT2D eigenvalue weighted by atomic mass is 10.1. The number of Topliss-reactive ketones (excluding diaryl/α,β-unsaturated/α-hetero) is 1. The van der Waals surface area contributed by atoms with E-state index in [0.717, 1.165) is 28.1 Å². The number of aromatic nitrogens is 4. The summed E-state index contributed by atoms with van der Waals surface area (Å²) in [6, 6.07) is 2.59. The number of nitrogens with zero attached hydrogens (tertiary/aromatic N) is 4. The second-order valence-corrected chi connectivity index (χ2v) is 11.3. The maximum atomic E-state index is 13.5. The lowest BCUT2D eigenvalue weighted by Gasteiger charge is -2.40. The van der Waals surface area contributed by atoms with Crippen LogP contribution in [0.5, 0.6) is 11.6 Å². The molecule has 20 heteroatoms. The summed E-state index contributed by atoms with van der Waals surface area (Å²) >= 11 is 0. The maximum Gasteiger partial charge on any atom is 0.490 e. The number of ether oxygens (including phenoxy) is 2. The SMILES string of the molecule is CCC(CC)Oc1cc(C)c2nn(CC(=O)c3cc(OCCO)cc(S(F)(F)(F)(F)F)c3)c(=N)n2n1.O=C(O)C(F)(F)F. The molecule has 0 fully saturated rings. The van der Waals surface area contributed by atoms with Crippen LogP contribution >= 0.6 is 10.2 Å². The maximum absolute atomic E-state index is 13.5. The molecule has 2 heterocycles. The topological polar surface area (TPSA) is 152 Å². The van der Waals surface area contributed by atoms with Crippen molar-refractivity contribution in [2.24, 2.45) is 0 Å². The van der Waals surface area contributed by atoms with Gasteiger partial charge >= 0.3 is 22.4 Å². The first-order valence-corrected chi connectivity index (χ1v) is 14.1. The molecular formula is C23H27F8N5O6S. The number of aryl methyl sites for hydroxylation is 1. The van der Waals surface area contributed by atoms with E-state index in [-0.39, 0.29) is 35.4 Å². The van der Waals surface area contributed by atoms with E-state index in [1.807, 2.05) is 13.8 Å². The highest BCUT2D eigenvalue weighted by molar-refractivity contribution is 8.45. The van der Waals surface area contributed by atoms with Crippen molar-refractivity contribution in [1.29, 1.82) is 5.41 Å². The Bertz CT molecular complexity index is 1550. The van der Waals surface area contributed by atoms with Gasteiger partial charge in [0.05, 0.1) is 12.7 Å². The van der Waals surface area contributed by atoms with Gasteiger partial charge in [-0.3, -0.25) is 10.2 Å². The fourth-order valence-corrected chi connectivity index (χ4v) is 4.04. The largest absolute Gasteiger partial charge is 0.491 e. The number of carboxylic acids is 1. The highest BCUT2D eigenvalue weighted by atomic mass is 32.5. The highest BCUT2D eigenvalue weighted by Gasteiger charge is 2.65. The molecule has 3 rings (SSSR count). The number of hydrogen-bond donors (Lipinski definition) is 3. The molecule has 0 atom stereocenters. The molecule has 242 valence electrons. The summed E-state index contributed by atoms with van der Waals surface area (Å²) in [6.45, 7) is 3.78. The van der Waals surface area contributed by atoms with Crippen molar-refractivity contribution in [1.82, 2.24) is 19.4 Å². The second-order valence-electron chi connectivity index (χ2n) is 8.90. The van der Waals surface area contributed by atoms with Gasteiger partial charge in [0.15, 0.2) is 11.4 Å². The van der Waals surface area contributed by atoms with Crippen LogP contribution in [0.4, 0.5) is 32.6 Å². The van der Waals surface area contributed by atoms with Crippen LogP contribution < -0.4 is 15.1 Å². The number of alkyl halides is 3. The lowest BCUT2D eigenvalue weighted by molar-refractivity contribution is -0.192. The molecule has 3 aromatic rings. The Hall–Kier alpha value is -3.94. The number of rotatable bonds is 11. The Morgan fingerprint density at radius 1 is 1.05 bits per heavy atom. The normalized spacial score (nSPS) is 13.6. The number of aliphatic hydroxyl groups excluding tert-OH is 1. The van der Waals surface area contributed by atoms with Crippen molar-refractivity contribution >= 4 is 27.6 Å². The van der Waals surface area contributed by atoms with E-state index in [4.69, 9.17) is 29.9 Å². The van der Waals surface area contributed by atoms with Crippen LogP contribution in [0.15, 0.2) is 29.2 Å². The van der Waals surface area contributed by atoms with Crippen LogP contribution in [0.2, 0.25) is 0 Å². The minimum absolute atomic E-state index is 0.0424. The summed E-state index contributed by atoms with van der Waals surface area (Å²) in [6.07, 6.45) is -3.74. The Kier molecular flexibility index (Phi) is 9.82. The Morgan fingerprint density at radius 2 is 1.63 bits per heavy atom. The van der Waals surface area contributed by atoms with Gasteiger partial charge in [-0.05, 0) is 31.9 Å². The summed E-state index contributed by atoms with van der Waals surface area (Å²) in [4.78, 5) is 19.4. The predicted molar refractivity (Wildman–Crippen MR) is 135 cm³/mol. The highest BCUT2D eigenvalue weighted by Crippen LogP contribution is 3.02. The van der Waals surface area contributed by atoms with Crippen molar-refractivity contribution in [2.45, 2.75) is 57.3 Å². The molecule has 43 heavy (non-hydrogen) atoms. The first-order valence-electron chi connectivity index (χ1n) is 12.2. The fraction of sp³-hybridized carbons (Fsp3) is 0.435. The number of carbonyl (C=O) groups is 2. The standard InChI is InChI=1S/C21H26F5N5O4S.C2HF3O2/c1-4-15(5-2)35-19-8-13(3)20-29-30(21(27)31(20)28-19)12-18(33)14-9-16(34-7-6-32)11-17(10-14)36(22,23,24,25)26;3-2(4,5)1(6)7/h8-11,15,27,32H,4-7,12H2,1-3H3;(H,6,7). The van der Waals surface area contributed by atoms with Crippen molar-refractivity contribution in [3.8, 4) is 11.6 Å². The average molecular weight is 654 g/mol. The molecule has 1 aromatic carbocycles. The summed E-state index contributed by atoms with van der Waals surface area (Å²) < 4.78 is 112. The van der Waals surface area contributed by atoms with Gasteiger partial charge in [-0.1, -0.05) is 33.3 Å². The molecule has 0 bridgehead atoms. The van der Waals surface area contributed by atoms with Crippen LogP contribution in [0, 0.1) is 12.3 Å². The summed E-state index contributed by atoms with van der Waals surface area (Å²) in [5, 5.41) is 32.6. The van der Waals surface area contributed by atoms with Gasteiger partial charge in [-0.2, -0.15) is 17.7 Å². The minimum atomic E-state index is -10.2. The molecule has 0 aliphatic rings. The van der Waals surface area contributed by atoms with E-state index >= 15 is 0 Å². The molecule has 0 aliphatic carbocycles. The van der Waals surface area contributed by atoms with Crippen molar-refractivity contribution < 1.29 is 61.9 Å². The molecule has 0 saturated carbocycles. The van der Waals surface area contributed by atoms with E-state index < -0.39 is 64.1 Å². The second kappa shape index (κ2) is 12.0. The van der Waals surface area contributed by atoms with E-state index in [2.05, 4.69) is 10.2 Å². The Morgan fingerprint density at radius 3 is 2.12 bits per heavy atom. The van der Waals surface area contributed by atoms with Gasteiger partial charge in [-0.25, -0.2) is 9.48 Å². The molecule has 0 aliphatic heterocycles. The first-order chi connectivity index (χ1) is 19.5. The lowest BCUT2D eigenvalue weighted by Crippen LogP contribution is -2.27. The van der Waals surface area contributed by atoms with Crippen LogP contribution in [-0.4, -0.2) is 66.9 Å². The number of benzene rings is 1. The summed E-state index contributed by atoms with van der Waals surface area (Å²) in [5.41, 5.74) is -0.331. The number of carbonyl (C=O) groups excluding carboxylic acids is 1. The van der Waals surface area contributed by atoms with Gasteiger partial charge < -0.3 is 19.7 Å². The third-order valence-corrected chi connectivity index (χ3v) is 6.62. The fourth-order valence-electron chi connectivity index (χ4n) is 3.36. The number of aliphatic carboxylic acids is 1. The third-order valence-electron chi connectivity index (χ3n) is 5.49. The molecule has 0 saturated heterocycles. The van der Waals surface area contributed by atoms with Crippen LogP contribution in [-0.2, 0) is 11.3 Å². The van der Waals surface area contributed by atoms with Gasteiger partial charge in [0.2, 0.25) is 11.5 Å². The smallest absolute Gasteiger partial charge is 0.490 e. The van der Waals surface area contributed by atoms with Gasteiger partial charge in [0.25, 0.3) is 0 Å². The number of carboxylic acid groups (broad SMARTS) is 1. The predicted octanol–water partition coefficient (Wildman–Crippen LogP) is 5.43. The van der Waals surface area contributed by atoms with Crippen LogP contribution in [0.3, 0.4) is 0 Å². The molecule has 2 aromatic heterocycles. The van der Waals surface area contributed by atoms with Gasteiger partial charge in [0, 0.05) is 23.3 Å². The van der Waals surface area contributed by atoms with Gasteiger partial charge in [-0.15, -0.1) is 10.2 Å². The van der Waals surface area contributed by atoms with Crippen LogP contribution in [0.1, 0.15) is 42.6 Å². The quantitative estimate of drug-likeness (QED) is 0.183. The molecule has 0 unspecified atom stereocenters. The monoisotopic (exact) mass is 653 g/mol. The first kappa shape index (κ1) is 35.3. The number of nitrogens with one attached hydrogen (secondary N) is 1. The zero-order valence-corrected chi connectivity index (χ0v) is 23.5.